The summed E-state index contributed by atoms with van der Waals surface area (Å²) in [5, 5.41) is 12.3. The Labute approximate surface area is 173 Å². The number of benzene rings is 1. The zero-order chi connectivity index (χ0) is 21.7. The highest BCUT2D eigenvalue weighted by Crippen LogP contribution is 2.23. The van der Waals surface area contributed by atoms with Crippen molar-refractivity contribution in [3.8, 4) is 6.07 Å². The Morgan fingerprint density at radius 1 is 1.28 bits per heavy atom. The van der Waals surface area contributed by atoms with Crippen LogP contribution in [0.2, 0.25) is 5.02 Å². The molecule has 0 fully saturated rings. The van der Waals surface area contributed by atoms with Crippen LogP contribution in [0, 0.1) is 32.1 Å². The second-order valence-corrected chi connectivity index (χ2v) is 7.11. The van der Waals surface area contributed by atoms with Gasteiger partial charge in [0.05, 0.1) is 0 Å². The van der Waals surface area contributed by atoms with Crippen LogP contribution >= 0.6 is 11.6 Å². The number of aromatic amines is 1. The third-order valence-electron chi connectivity index (χ3n) is 4.70. The molecule has 1 aromatic carbocycles. The van der Waals surface area contributed by atoms with Crippen molar-refractivity contribution in [2.24, 2.45) is 0 Å². The van der Waals surface area contributed by atoms with Crippen LogP contribution in [0.1, 0.15) is 41.3 Å². The van der Waals surface area contributed by atoms with E-state index in [1.54, 1.807) is 39.0 Å². The number of halogens is 1. The van der Waals surface area contributed by atoms with Crippen molar-refractivity contribution in [1.82, 2.24) is 4.98 Å². The predicted molar refractivity (Wildman–Crippen MR) is 110 cm³/mol. The molecule has 7 nitrogen and oxygen atoms in total. The number of hydrogen-bond donors (Lipinski definition) is 2. The van der Waals surface area contributed by atoms with E-state index in [9.17, 15) is 14.4 Å². The summed E-state index contributed by atoms with van der Waals surface area (Å²) in [5.41, 5.74) is 2.71. The number of nitrogens with zero attached hydrogens (tertiary/aromatic N) is 1. The van der Waals surface area contributed by atoms with Gasteiger partial charge in [0.15, 0.2) is 6.10 Å². The van der Waals surface area contributed by atoms with Gasteiger partial charge in [0.25, 0.3) is 11.5 Å². The van der Waals surface area contributed by atoms with Crippen LogP contribution in [0.25, 0.3) is 0 Å². The summed E-state index contributed by atoms with van der Waals surface area (Å²) >= 11 is 6.04. The topological polar surface area (TPSA) is 112 Å². The zero-order valence-corrected chi connectivity index (χ0v) is 17.4. The SMILES string of the molecule is Cc1[nH]c(=O)c(C#N)c(C)c1CCC(=O)O[C@@H](C)C(=O)Nc1cccc(Cl)c1C. The maximum atomic E-state index is 12.3. The van der Waals surface area contributed by atoms with Crippen LogP contribution < -0.4 is 10.9 Å². The van der Waals surface area contributed by atoms with Crippen LogP contribution in [0.5, 0.6) is 0 Å². The number of pyridine rings is 1. The first kappa shape index (κ1) is 22.2. The summed E-state index contributed by atoms with van der Waals surface area (Å²) in [4.78, 5) is 38.9. The quantitative estimate of drug-likeness (QED) is 0.702. The summed E-state index contributed by atoms with van der Waals surface area (Å²) in [5.74, 6) is -1.02. The highest BCUT2D eigenvalue weighted by Gasteiger charge is 2.20. The lowest BCUT2D eigenvalue weighted by Gasteiger charge is -2.16. The molecule has 0 radical (unpaired) electrons. The van der Waals surface area contributed by atoms with E-state index in [2.05, 4.69) is 10.3 Å². The lowest BCUT2D eigenvalue weighted by Crippen LogP contribution is -2.30. The number of nitriles is 1. The highest BCUT2D eigenvalue weighted by atomic mass is 35.5. The van der Waals surface area contributed by atoms with Crippen molar-refractivity contribution < 1.29 is 14.3 Å². The molecule has 1 aromatic heterocycles. The normalized spacial score (nSPS) is 11.4. The third-order valence-corrected chi connectivity index (χ3v) is 5.11. The Kier molecular flexibility index (Phi) is 7.18. The van der Waals surface area contributed by atoms with E-state index in [-0.39, 0.29) is 18.4 Å². The number of nitrogens with one attached hydrogen (secondary N) is 2. The number of H-pyrrole nitrogens is 1. The van der Waals surface area contributed by atoms with E-state index >= 15 is 0 Å². The molecule has 0 aliphatic rings. The van der Waals surface area contributed by atoms with Gasteiger partial charge in [0.1, 0.15) is 11.6 Å². The lowest BCUT2D eigenvalue weighted by molar-refractivity contribution is -0.153. The van der Waals surface area contributed by atoms with E-state index in [0.29, 0.717) is 27.5 Å². The van der Waals surface area contributed by atoms with Crippen LogP contribution in [0.3, 0.4) is 0 Å². The van der Waals surface area contributed by atoms with Gasteiger partial charge in [-0.25, -0.2) is 0 Å². The van der Waals surface area contributed by atoms with Gasteiger partial charge in [-0.2, -0.15) is 5.26 Å². The first-order valence-electron chi connectivity index (χ1n) is 9.03. The smallest absolute Gasteiger partial charge is 0.306 e. The molecule has 0 aliphatic carbocycles. The van der Waals surface area contributed by atoms with E-state index < -0.39 is 23.5 Å². The summed E-state index contributed by atoms with van der Waals surface area (Å²) in [6.45, 7) is 6.64. The van der Waals surface area contributed by atoms with E-state index in [4.69, 9.17) is 21.6 Å². The molecule has 29 heavy (non-hydrogen) atoms. The molecule has 152 valence electrons. The molecule has 1 heterocycles. The molecular weight excluding hydrogens is 394 g/mol. The number of carbonyl (C=O) groups is 2. The maximum absolute atomic E-state index is 12.3. The number of rotatable bonds is 6. The number of aryl methyl sites for hydroxylation is 1. The molecule has 0 unspecified atom stereocenters. The number of amides is 1. The van der Waals surface area contributed by atoms with Crippen LogP contribution in [0.15, 0.2) is 23.0 Å². The fraction of sp³-hybridized carbons (Fsp3) is 0.333. The van der Waals surface area contributed by atoms with Gasteiger partial charge in [-0.05, 0) is 62.9 Å². The second kappa shape index (κ2) is 9.39. The second-order valence-electron chi connectivity index (χ2n) is 6.70. The fourth-order valence-electron chi connectivity index (χ4n) is 2.93. The first-order chi connectivity index (χ1) is 13.6. The van der Waals surface area contributed by atoms with Gasteiger partial charge in [-0.1, -0.05) is 17.7 Å². The van der Waals surface area contributed by atoms with Gasteiger partial charge >= 0.3 is 5.97 Å². The standard InChI is InChI=1S/C21H22ClN3O4/c1-11-15(13(3)24-21(28)16(11)10-23)8-9-19(26)29-14(4)20(27)25-18-7-5-6-17(22)12(18)2/h5-7,14H,8-9H2,1-4H3,(H,24,28)(H,25,27)/t14-/m0/s1. The minimum absolute atomic E-state index is 0.00635. The van der Waals surface area contributed by atoms with Crippen molar-refractivity contribution in [2.45, 2.75) is 46.6 Å². The molecule has 0 saturated carbocycles. The van der Waals surface area contributed by atoms with Crippen LogP contribution in [0.4, 0.5) is 5.69 Å². The molecule has 8 heteroatoms. The maximum Gasteiger partial charge on any atom is 0.306 e. The zero-order valence-electron chi connectivity index (χ0n) is 16.7. The minimum Gasteiger partial charge on any atom is -0.453 e. The summed E-state index contributed by atoms with van der Waals surface area (Å²) in [7, 11) is 0. The van der Waals surface area contributed by atoms with Gasteiger partial charge in [0.2, 0.25) is 0 Å². The van der Waals surface area contributed by atoms with Crippen LogP contribution in [-0.4, -0.2) is 23.0 Å². The lowest BCUT2D eigenvalue weighted by atomic mass is 9.99. The molecule has 2 aromatic rings. The van der Waals surface area contributed by atoms with Gasteiger partial charge in [0, 0.05) is 22.8 Å². The number of anilines is 1. The Morgan fingerprint density at radius 2 is 1.97 bits per heavy atom. The molecule has 0 aliphatic heterocycles. The number of esters is 1. The summed E-state index contributed by atoms with van der Waals surface area (Å²) in [6, 6.07) is 7.02. The van der Waals surface area contributed by atoms with E-state index in [0.717, 1.165) is 5.56 Å². The highest BCUT2D eigenvalue weighted by molar-refractivity contribution is 6.31. The average molecular weight is 416 g/mol. The Morgan fingerprint density at radius 3 is 2.62 bits per heavy atom. The number of hydrogen-bond acceptors (Lipinski definition) is 5. The number of ether oxygens (including phenoxy) is 1. The molecular formula is C21H22ClN3O4. The van der Waals surface area contributed by atoms with Crippen LogP contribution in [-0.2, 0) is 20.7 Å². The number of carbonyl (C=O) groups excluding carboxylic acids is 2. The van der Waals surface area contributed by atoms with Crippen molar-refractivity contribution in [3.05, 3.63) is 61.5 Å². The van der Waals surface area contributed by atoms with Crippen molar-refractivity contribution >= 4 is 29.2 Å². The minimum atomic E-state index is -0.992. The van der Waals surface area contributed by atoms with Crippen molar-refractivity contribution in [1.29, 1.82) is 5.26 Å². The Balaban J connectivity index is 1.99. The fourth-order valence-corrected chi connectivity index (χ4v) is 3.11. The van der Waals surface area contributed by atoms with E-state index in [1.165, 1.54) is 6.92 Å². The number of aromatic nitrogens is 1. The largest absolute Gasteiger partial charge is 0.453 e. The molecule has 2 N–H and O–H groups in total. The van der Waals surface area contributed by atoms with Gasteiger partial charge < -0.3 is 15.0 Å². The molecule has 2 rings (SSSR count). The first-order valence-corrected chi connectivity index (χ1v) is 9.41. The van der Waals surface area contributed by atoms with Crippen molar-refractivity contribution in [3.63, 3.8) is 0 Å². The Bertz CT molecular complexity index is 1050. The monoisotopic (exact) mass is 415 g/mol. The summed E-state index contributed by atoms with van der Waals surface area (Å²) in [6.07, 6.45) is -0.704. The molecule has 0 saturated heterocycles. The van der Waals surface area contributed by atoms with Gasteiger partial charge in [-0.15, -0.1) is 0 Å². The average Bonchev–Trinajstić information content (AvgIpc) is 2.65. The Hall–Kier alpha value is -3.11. The molecule has 0 spiro atoms. The molecule has 1 amide bonds. The molecule has 1 atom stereocenters. The van der Waals surface area contributed by atoms with Crippen molar-refractivity contribution in [2.75, 3.05) is 5.32 Å². The van der Waals surface area contributed by atoms with Gasteiger partial charge in [-0.3, -0.25) is 14.4 Å². The summed E-state index contributed by atoms with van der Waals surface area (Å²) < 4.78 is 5.22. The third kappa shape index (κ3) is 5.24. The predicted octanol–water partition coefficient (Wildman–Crippen LogP) is 3.33. The molecule has 0 bridgehead atoms. The van der Waals surface area contributed by atoms with E-state index in [1.807, 2.05) is 6.07 Å².